The van der Waals surface area contributed by atoms with E-state index >= 15 is 0 Å². The number of carbonyl (C=O) groups excluding carboxylic acids is 2. The molecule has 0 saturated carbocycles. The fraction of sp³-hybridized carbons (Fsp3) is 0.368. The third kappa shape index (κ3) is 3.84. The number of hydrogen-bond donors (Lipinski definition) is 2. The number of hydrogen-bond acceptors (Lipinski definition) is 4. The Morgan fingerprint density at radius 3 is 2.68 bits per heavy atom. The van der Waals surface area contributed by atoms with Crippen LogP contribution in [0.1, 0.15) is 42.4 Å². The first-order chi connectivity index (χ1) is 12.1. The van der Waals surface area contributed by atoms with Crippen molar-refractivity contribution in [3.05, 3.63) is 54.0 Å². The Hall–Kier alpha value is -2.76. The molecule has 0 radical (unpaired) electrons. The average Bonchev–Trinajstić information content (AvgIpc) is 3.14. The molecular weight excluding hydrogens is 320 g/mol. The third-order valence-corrected chi connectivity index (χ3v) is 4.26. The zero-order chi connectivity index (χ0) is 17.8. The van der Waals surface area contributed by atoms with Crippen molar-refractivity contribution in [3.63, 3.8) is 0 Å². The van der Waals surface area contributed by atoms with Gasteiger partial charge in [0.1, 0.15) is 11.8 Å². The fourth-order valence-electron chi connectivity index (χ4n) is 2.91. The fourth-order valence-corrected chi connectivity index (χ4v) is 2.91. The van der Waals surface area contributed by atoms with Gasteiger partial charge in [-0.15, -0.1) is 0 Å². The summed E-state index contributed by atoms with van der Waals surface area (Å²) < 4.78 is 10.7. The number of furan rings is 1. The molecule has 2 N–H and O–H groups in total. The van der Waals surface area contributed by atoms with Gasteiger partial charge in [-0.1, -0.05) is 32.0 Å². The molecule has 2 amide bonds. The van der Waals surface area contributed by atoms with E-state index in [1.807, 2.05) is 38.1 Å². The molecule has 132 valence electrons. The highest BCUT2D eigenvalue weighted by Gasteiger charge is 2.29. The molecule has 1 aliphatic heterocycles. The Labute approximate surface area is 146 Å². The first-order valence-electron chi connectivity index (χ1n) is 8.42. The van der Waals surface area contributed by atoms with Crippen LogP contribution in [-0.2, 0) is 4.79 Å². The summed E-state index contributed by atoms with van der Waals surface area (Å²) >= 11 is 0. The highest BCUT2D eigenvalue weighted by molar-refractivity contribution is 5.95. The van der Waals surface area contributed by atoms with Gasteiger partial charge in [0.2, 0.25) is 5.91 Å². The van der Waals surface area contributed by atoms with Crippen molar-refractivity contribution in [2.75, 3.05) is 6.61 Å². The summed E-state index contributed by atoms with van der Waals surface area (Å²) in [6.07, 6.45) is 2.12. The van der Waals surface area contributed by atoms with Gasteiger partial charge in [-0.25, -0.2) is 0 Å². The first-order valence-corrected chi connectivity index (χ1v) is 8.42. The summed E-state index contributed by atoms with van der Waals surface area (Å²) in [6, 6.07) is 10.1. The standard InChI is InChI=1S/C19H22N2O4/c1-12(2)17(21-18(22)16-8-5-10-24-16)19(23)20-14-9-11-25-15-7-4-3-6-13(14)15/h3-8,10,12,14,17H,9,11H2,1-2H3,(H,20,23)(H,21,22)/t14-,17+/m1/s1. The second-order valence-corrected chi connectivity index (χ2v) is 6.41. The van der Waals surface area contributed by atoms with Crippen LogP contribution in [0, 0.1) is 5.92 Å². The molecule has 1 aliphatic rings. The minimum absolute atomic E-state index is 0.0611. The third-order valence-electron chi connectivity index (χ3n) is 4.26. The van der Waals surface area contributed by atoms with Crippen molar-refractivity contribution in [3.8, 4) is 5.75 Å². The molecule has 0 spiro atoms. The summed E-state index contributed by atoms with van der Waals surface area (Å²) in [7, 11) is 0. The monoisotopic (exact) mass is 342 g/mol. The van der Waals surface area contributed by atoms with Gasteiger partial charge in [-0.05, 0) is 24.1 Å². The number of para-hydroxylation sites is 1. The first kappa shape index (κ1) is 17.1. The predicted molar refractivity (Wildman–Crippen MR) is 92.2 cm³/mol. The quantitative estimate of drug-likeness (QED) is 0.875. The summed E-state index contributed by atoms with van der Waals surface area (Å²) in [6.45, 7) is 4.34. The molecule has 0 saturated heterocycles. The minimum Gasteiger partial charge on any atom is -0.493 e. The van der Waals surface area contributed by atoms with Gasteiger partial charge in [0.15, 0.2) is 5.76 Å². The van der Waals surface area contributed by atoms with Crippen molar-refractivity contribution in [1.29, 1.82) is 0 Å². The molecule has 1 aromatic carbocycles. The van der Waals surface area contributed by atoms with Crippen molar-refractivity contribution in [2.24, 2.45) is 5.92 Å². The van der Waals surface area contributed by atoms with Crippen molar-refractivity contribution >= 4 is 11.8 Å². The van der Waals surface area contributed by atoms with Crippen LogP contribution in [0.5, 0.6) is 5.75 Å². The van der Waals surface area contributed by atoms with Gasteiger partial charge in [-0.2, -0.15) is 0 Å². The van der Waals surface area contributed by atoms with Gasteiger partial charge in [0, 0.05) is 12.0 Å². The van der Waals surface area contributed by atoms with E-state index in [4.69, 9.17) is 9.15 Å². The topological polar surface area (TPSA) is 80.6 Å². The maximum absolute atomic E-state index is 12.8. The van der Waals surface area contributed by atoms with E-state index in [2.05, 4.69) is 10.6 Å². The average molecular weight is 342 g/mol. The van der Waals surface area contributed by atoms with Crippen molar-refractivity contribution < 1.29 is 18.7 Å². The number of benzene rings is 1. The van der Waals surface area contributed by atoms with Crippen LogP contribution in [-0.4, -0.2) is 24.5 Å². The van der Waals surface area contributed by atoms with Gasteiger partial charge in [0.25, 0.3) is 5.91 Å². The molecule has 0 fully saturated rings. The minimum atomic E-state index is -0.646. The Morgan fingerprint density at radius 2 is 1.96 bits per heavy atom. The van der Waals surface area contributed by atoms with E-state index in [0.29, 0.717) is 13.0 Å². The van der Waals surface area contributed by atoms with E-state index in [-0.39, 0.29) is 23.6 Å². The number of nitrogens with one attached hydrogen (secondary N) is 2. The molecule has 6 nitrogen and oxygen atoms in total. The normalized spacial score (nSPS) is 17.3. The molecule has 0 aliphatic carbocycles. The lowest BCUT2D eigenvalue weighted by Gasteiger charge is -2.29. The number of ether oxygens (including phenoxy) is 1. The van der Waals surface area contributed by atoms with Crippen molar-refractivity contribution in [1.82, 2.24) is 10.6 Å². The zero-order valence-electron chi connectivity index (χ0n) is 14.3. The molecule has 1 aromatic heterocycles. The Morgan fingerprint density at radius 1 is 1.16 bits per heavy atom. The predicted octanol–water partition coefficient (Wildman–Crippen LogP) is 2.67. The van der Waals surface area contributed by atoms with Crippen LogP contribution in [0.25, 0.3) is 0 Å². The Kier molecular flexibility index (Phi) is 5.07. The van der Waals surface area contributed by atoms with Crippen LogP contribution in [0.3, 0.4) is 0 Å². The number of rotatable bonds is 5. The van der Waals surface area contributed by atoms with E-state index in [1.54, 1.807) is 12.1 Å². The smallest absolute Gasteiger partial charge is 0.287 e. The molecule has 25 heavy (non-hydrogen) atoms. The number of carbonyl (C=O) groups is 2. The van der Waals surface area contributed by atoms with E-state index in [1.165, 1.54) is 6.26 Å². The SMILES string of the molecule is CC(C)[C@H](NC(=O)c1ccco1)C(=O)N[C@@H]1CCOc2ccccc21. The molecule has 2 heterocycles. The number of fused-ring (bicyclic) bond motifs is 1. The van der Waals surface area contributed by atoms with Gasteiger partial charge < -0.3 is 19.8 Å². The van der Waals surface area contributed by atoms with E-state index in [0.717, 1.165) is 11.3 Å². The second kappa shape index (κ2) is 7.42. The largest absolute Gasteiger partial charge is 0.493 e. The van der Waals surface area contributed by atoms with Crippen LogP contribution in [0.2, 0.25) is 0 Å². The zero-order valence-corrected chi connectivity index (χ0v) is 14.3. The molecule has 0 unspecified atom stereocenters. The van der Waals surface area contributed by atoms with Crippen LogP contribution in [0.15, 0.2) is 47.1 Å². The molecular formula is C19H22N2O4. The summed E-state index contributed by atoms with van der Waals surface area (Å²) in [4.78, 5) is 25.0. The summed E-state index contributed by atoms with van der Waals surface area (Å²) in [5.41, 5.74) is 0.960. The van der Waals surface area contributed by atoms with Crippen LogP contribution in [0.4, 0.5) is 0 Å². The van der Waals surface area contributed by atoms with E-state index in [9.17, 15) is 9.59 Å². The lowest BCUT2D eigenvalue weighted by atomic mass is 9.98. The Balaban J connectivity index is 1.71. The lowest BCUT2D eigenvalue weighted by Crippen LogP contribution is -2.50. The Bertz CT molecular complexity index is 740. The van der Waals surface area contributed by atoms with Gasteiger partial charge in [-0.3, -0.25) is 9.59 Å². The maximum atomic E-state index is 12.8. The van der Waals surface area contributed by atoms with Gasteiger partial charge in [0.05, 0.1) is 18.9 Å². The lowest BCUT2D eigenvalue weighted by molar-refractivity contribution is -0.124. The van der Waals surface area contributed by atoms with Gasteiger partial charge >= 0.3 is 0 Å². The highest BCUT2D eigenvalue weighted by atomic mass is 16.5. The number of amides is 2. The molecule has 2 aromatic rings. The molecule has 2 atom stereocenters. The molecule has 6 heteroatoms. The highest BCUT2D eigenvalue weighted by Crippen LogP contribution is 2.31. The van der Waals surface area contributed by atoms with Crippen molar-refractivity contribution in [2.45, 2.75) is 32.4 Å². The summed E-state index contributed by atoms with van der Waals surface area (Å²) in [5.74, 6) is 0.312. The summed E-state index contributed by atoms with van der Waals surface area (Å²) in [5, 5.41) is 5.80. The maximum Gasteiger partial charge on any atom is 0.287 e. The van der Waals surface area contributed by atoms with Crippen LogP contribution < -0.4 is 15.4 Å². The van der Waals surface area contributed by atoms with Crippen LogP contribution >= 0.6 is 0 Å². The van der Waals surface area contributed by atoms with E-state index < -0.39 is 11.9 Å². The second-order valence-electron chi connectivity index (χ2n) is 6.41. The molecule has 3 rings (SSSR count). The molecule has 0 bridgehead atoms.